The molecule has 0 heterocycles. The van der Waals surface area contributed by atoms with E-state index in [0.29, 0.717) is 0 Å². The average Bonchev–Trinajstić information content (AvgIpc) is 2.32. The predicted octanol–water partition coefficient (Wildman–Crippen LogP) is -0.693. The fourth-order valence-electron chi connectivity index (χ4n) is 1.68. The zero-order valence-corrected chi connectivity index (χ0v) is 13.5. The van der Waals surface area contributed by atoms with Crippen LogP contribution >= 0.6 is 0 Å². The Labute approximate surface area is 128 Å². The van der Waals surface area contributed by atoms with Gasteiger partial charge >= 0.3 is 0 Å². The molecule has 0 spiro atoms. The van der Waals surface area contributed by atoms with Crippen LogP contribution < -0.4 is 11.5 Å². The van der Waals surface area contributed by atoms with Gasteiger partial charge in [0.05, 0.1) is 9.79 Å². The molecule has 4 N–H and O–H groups in total. The lowest BCUT2D eigenvalue weighted by Crippen LogP contribution is -2.23. The van der Waals surface area contributed by atoms with Crippen molar-refractivity contribution in [2.24, 2.45) is 16.5 Å². The third kappa shape index (κ3) is 4.67. The van der Waals surface area contributed by atoms with E-state index in [0.717, 1.165) is 24.7 Å². The van der Waals surface area contributed by atoms with Crippen LogP contribution in [0.25, 0.3) is 6.08 Å². The van der Waals surface area contributed by atoms with Crippen LogP contribution in [0.4, 0.5) is 0 Å². The van der Waals surface area contributed by atoms with Crippen LogP contribution in [0, 0.1) is 0 Å². The molecule has 0 aromatic heterocycles. The van der Waals surface area contributed by atoms with Crippen LogP contribution in [0.3, 0.4) is 0 Å². The number of sulfone groups is 2. The number of aliphatic imine (C=N–C) groups is 1. The van der Waals surface area contributed by atoms with Gasteiger partial charge in [-0.15, -0.1) is 0 Å². The molecule has 0 bridgehead atoms. The van der Waals surface area contributed by atoms with Crippen LogP contribution in [-0.4, -0.2) is 41.2 Å². The highest BCUT2D eigenvalue weighted by atomic mass is 32.2. The second-order valence-corrected chi connectivity index (χ2v) is 8.36. The van der Waals surface area contributed by atoms with Crippen molar-refractivity contribution in [3.8, 4) is 0 Å². The molecule has 0 aliphatic rings. The number of benzene rings is 1. The summed E-state index contributed by atoms with van der Waals surface area (Å²) in [4.78, 5) is 13.9. The first-order chi connectivity index (χ1) is 9.93. The van der Waals surface area contributed by atoms with Gasteiger partial charge < -0.3 is 11.5 Å². The SMILES string of the molecule is CS(=O)(=O)c1cccc(/C=C/C(=O)N=C(N)N)c1S(C)(=O)=O. The minimum Gasteiger partial charge on any atom is -0.370 e. The summed E-state index contributed by atoms with van der Waals surface area (Å²) >= 11 is 0. The number of amides is 1. The summed E-state index contributed by atoms with van der Waals surface area (Å²) in [6.45, 7) is 0. The van der Waals surface area contributed by atoms with Gasteiger partial charge in [0.2, 0.25) is 0 Å². The fraction of sp³-hybridized carbons (Fsp3) is 0.167. The predicted molar refractivity (Wildman–Crippen MR) is 82.5 cm³/mol. The lowest BCUT2D eigenvalue weighted by molar-refractivity contribution is -0.113. The molecule has 0 saturated carbocycles. The van der Waals surface area contributed by atoms with E-state index in [2.05, 4.69) is 4.99 Å². The third-order valence-corrected chi connectivity index (χ3v) is 4.89. The number of hydrogen-bond acceptors (Lipinski definition) is 5. The molecule has 120 valence electrons. The molecule has 0 saturated heterocycles. The monoisotopic (exact) mass is 345 g/mol. The highest BCUT2D eigenvalue weighted by molar-refractivity contribution is 7.93. The third-order valence-electron chi connectivity index (χ3n) is 2.42. The molecular weight excluding hydrogens is 330 g/mol. The molecule has 10 heteroatoms. The Morgan fingerprint density at radius 1 is 1.09 bits per heavy atom. The first-order valence-electron chi connectivity index (χ1n) is 5.77. The van der Waals surface area contributed by atoms with E-state index in [1.807, 2.05) is 0 Å². The van der Waals surface area contributed by atoms with E-state index in [-0.39, 0.29) is 15.4 Å². The van der Waals surface area contributed by atoms with Crippen LogP contribution in [0.15, 0.2) is 39.1 Å². The van der Waals surface area contributed by atoms with Crippen LogP contribution in [-0.2, 0) is 24.5 Å². The Morgan fingerprint density at radius 3 is 2.14 bits per heavy atom. The summed E-state index contributed by atoms with van der Waals surface area (Å²) in [6.07, 6.45) is 3.86. The maximum absolute atomic E-state index is 11.9. The van der Waals surface area contributed by atoms with Crippen molar-refractivity contribution in [3.63, 3.8) is 0 Å². The molecule has 0 radical (unpaired) electrons. The quantitative estimate of drug-likeness (QED) is 0.416. The summed E-state index contributed by atoms with van der Waals surface area (Å²) in [5.74, 6) is -1.24. The number of nitrogens with zero attached hydrogens (tertiary/aromatic N) is 1. The van der Waals surface area contributed by atoms with Gasteiger partial charge in [-0.05, 0) is 17.7 Å². The van der Waals surface area contributed by atoms with Gasteiger partial charge in [-0.1, -0.05) is 12.1 Å². The fourth-order valence-corrected chi connectivity index (χ4v) is 4.36. The van der Waals surface area contributed by atoms with E-state index in [1.54, 1.807) is 0 Å². The number of hydrogen-bond donors (Lipinski definition) is 2. The minimum atomic E-state index is -3.85. The van der Waals surface area contributed by atoms with Gasteiger partial charge in [-0.2, -0.15) is 4.99 Å². The van der Waals surface area contributed by atoms with Gasteiger partial charge in [-0.3, -0.25) is 4.79 Å². The molecule has 1 aromatic rings. The topological polar surface area (TPSA) is 150 Å². The van der Waals surface area contributed by atoms with Crippen molar-refractivity contribution in [1.29, 1.82) is 0 Å². The molecule has 0 fully saturated rings. The highest BCUT2D eigenvalue weighted by Gasteiger charge is 2.23. The van der Waals surface area contributed by atoms with Crippen molar-refractivity contribution in [3.05, 3.63) is 29.8 Å². The zero-order valence-electron chi connectivity index (χ0n) is 11.8. The summed E-state index contributed by atoms with van der Waals surface area (Å²) in [5.41, 5.74) is 10.1. The number of carbonyl (C=O) groups is 1. The Hall–Kier alpha value is -2.20. The van der Waals surface area contributed by atoms with E-state index >= 15 is 0 Å². The van der Waals surface area contributed by atoms with Crippen molar-refractivity contribution in [1.82, 2.24) is 0 Å². The Kier molecular flexibility index (Phi) is 5.09. The number of rotatable bonds is 4. The molecule has 0 unspecified atom stereocenters. The maximum Gasteiger partial charge on any atom is 0.272 e. The summed E-state index contributed by atoms with van der Waals surface area (Å²) in [7, 11) is -7.61. The molecule has 1 amide bonds. The van der Waals surface area contributed by atoms with Crippen molar-refractivity contribution in [2.75, 3.05) is 12.5 Å². The van der Waals surface area contributed by atoms with Gasteiger partial charge in [0.25, 0.3) is 5.91 Å². The van der Waals surface area contributed by atoms with E-state index in [4.69, 9.17) is 11.5 Å². The number of nitrogens with two attached hydrogens (primary N) is 2. The van der Waals surface area contributed by atoms with Crippen molar-refractivity contribution >= 4 is 37.6 Å². The van der Waals surface area contributed by atoms with Gasteiger partial charge in [0.1, 0.15) is 0 Å². The average molecular weight is 345 g/mol. The zero-order chi connectivity index (χ0) is 17.1. The molecule has 1 rings (SSSR count). The van der Waals surface area contributed by atoms with E-state index in [9.17, 15) is 21.6 Å². The first kappa shape index (κ1) is 17.9. The summed E-state index contributed by atoms with van der Waals surface area (Å²) in [5, 5.41) is 0. The smallest absolute Gasteiger partial charge is 0.272 e. The molecule has 22 heavy (non-hydrogen) atoms. The van der Waals surface area contributed by atoms with Gasteiger partial charge in [-0.25, -0.2) is 16.8 Å². The van der Waals surface area contributed by atoms with Gasteiger partial charge in [0.15, 0.2) is 25.6 Å². The molecule has 0 atom stereocenters. The normalized spacial score (nSPS) is 12.3. The Bertz CT molecular complexity index is 864. The molecule has 1 aromatic carbocycles. The molecule has 0 aliphatic carbocycles. The van der Waals surface area contributed by atoms with Crippen LogP contribution in [0.1, 0.15) is 5.56 Å². The summed E-state index contributed by atoms with van der Waals surface area (Å²) in [6, 6.07) is 3.92. The lowest BCUT2D eigenvalue weighted by atomic mass is 10.2. The van der Waals surface area contributed by atoms with Crippen LogP contribution in [0.2, 0.25) is 0 Å². The maximum atomic E-state index is 11.9. The van der Waals surface area contributed by atoms with Crippen LogP contribution in [0.5, 0.6) is 0 Å². The summed E-state index contributed by atoms with van der Waals surface area (Å²) < 4.78 is 47.2. The van der Waals surface area contributed by atoms with E-state index < -0.39 is 31.5 Å². The standard InChI is InChI=1S/C12H15N3O5S2/c1-21(17,18)9-5-3-4-8(11(9)22(2,19)20)6-7-10(16)15-12(13)14/h3-7H,1-2H3,(H4,13,14,15,16)/b7-6+. The lowest BCUT2D eigenvalue weighted by Gasteiger charge is -2.09. The van der Waals surface area contributed by atoms with Gasteiger partial charge in [0, 0.05) is 18.6 Å². The number of guanidine groups is 1. The minimum absolute atomic E-state index is 0.0459. The molecular formula is C12H15N3O5S2. The molecule has 0 aliphatic heterocycles. The Morgan fingerprint density at radius 2 is 1.68 bits per heavy atom. The van der Waals surface area contributed by atoms with Crippen molar-refractivity contribution in [2.45, 2.75) is 9.79 Å². The largest absolute Gasteiger partial charge is 0.370 e. The second kappa shape index (κ2) is 6.28. The Balaban J connectivity index is 3.55. The number of carbonyl (C=O) groups excluding carboxylic acids is 1. The van der Waals surface area contributed by atoms with Crippen molar-refractivity contribution < 1.29 is 21.6 Å². The second-order valence-electron chi connectivity index (χ2n) is 4.43. The highest BCUT2D eigenvalue weighted by Crippen LogP contribution is 2.26. The van der Waals surface area contributed by atoms with E-state index in [1.165, 1.54) is 18.2 Å². The first-order valence-corrected chi connectivity index (χ1v) is 9.56. The molecule has 8 nitrogen and oxygen atoms in total.